The van der Waals surface area contributed by atoms with Crippen molar-refractivity contribution in [3.05, 3.63) is 36.3 Å². The van der Waals surface area contributed by atoms with Gasteiger partial charge >= 0.3 is 6.09 Å². The van der Waals surface area contributed by atoms with Crippen LogP contribution in [0.2, 0.25) is 0 Å². The summed E-state index contributed by atoms with van der Waals surface area (Å²) in [4.78, 5) is 19.8. The van der Waals surface area contributed by atoms with Gasteiger partial charge in [-0.05, 0) is 44.5 Å². The number of amides is 1. The van der Waals surface area contributed by atoms with Crippen LogP contribution in [0.1, 0.15) is 26.5 Å². The molecule has 3 aromatic rings. The number of morpholine rings is 1. The second-order valence-electron chi connectivity index (χ2n) is 9.02. The van der Waals surface area contributed by atoms with Gasteiger partial charge in [0.25, 0.3) is 0 Å². The van der Waals surface area contributed by atoms with Gasteiger partial charge in [0.1, 0.15) is 17.6 Å². The molecular weight excluding hydrogens is 424 g/mol. The molecule has 0 radical (unpaired) electrons. The molecule has 3 heterocycles. The minimum atomic E-state index is -1.05. The van der Waals surface area contributed by atoms with Crippen LogP contribution >= 0.6 is 0 Å². The van der Waals surface area contributed by atoms with E-state index < -0.39 is 11.6 Å². The van der Waals surface area contributed by atoms with Gasteiger partial charge in [-0.3, -0.25) is 9.80 Å². The summed E-state index contributed by atoms with van der Waals surface area (Å²) in [5, 5.41) is 14.3. The highest BCUT2D eigenvalue weighted by Gasteiger charge is 2.30. The van der Waals surface area contributed by atoms with E-state index >= 15 is 0 Å². The molecule has 1 aromatic carbocycles. The van der Waals surface area contributed by atoms with Crippen LogP contribution in [0.15, 0.2) is 30.6 Å². The van der Waals surface area contributed by atoms with Crippen molar-refractivity contribution < 1.29 is 19.4 Å². The molecule has 0 atom stereocenters. The molecule has 10 nitrogen and oxygen atoms in total. The SMILES string of the molecule is COc1cc(-c2cc(CN3CCOCC3)n3ncnc(N)c23)ccc1N(C(=O)O)C(C)(C)C. The molecule has 33 heavy (non-hydrogen) atoms. The monoisotopic (exact) mass is 454 g/mol. The van der Waals surface area contributed by atoms with Crippen LogP contribution in [0, 0.1) is 0 Å². The molecule has 1 amide bonds. The van der Waals surface area contributed by atoms with Crippen LogP contribution in [0.5, 0.6) is 5.75 Å². The number of benzene rings is 1. The summed E-state index contributed by atoms with van der Waals surface area (Å²) in [5.41, 5.74) is 9.48. The molecular formula is C23H30N6O4. The van der Waals surface area contributed by atoms with Crippen molar-refractivity contribution >= 4 is 23.1 Å². The van der Waals surface area contributed by atoms with Gasteiger partial charge in [-0.1, -0.05) is 6.07 Å². The normalized spacial score (nSPS) is 15.0. The number of rotatable bonds is 5. The minimum absolute atomic E-state index is 0.373. The molecule has 2 aromatic heterocycles. The van der Waals surface area contributed by atoms with Crippen molar-refractivity contribution in [3.63, 3.8) is 0 Å². The Balaban J connectivity index is 1.81. The molecule has 1 saturated heterocycles. The van der Waals surface area contributed by atoms with Gasteiger partial charge in [0.15, 0.2) is 5.82 Å². The topological polar surface area (TPSA) is 118 Å². The first-order valence-electron chi connectivity index (χ1n) is 10.8. The fraction of sp³-hybridized carbons (Fsp3) is 0.435. The number of nitrogen functional groups attached to an aromatic ring is 1. The number of hydrogen-bond acceptors (Lipinski definition) is 7. The van der Waals surface area contributed by atoms with Crippen LogP contribution in [-0.4, -0.2) is 69.6 Å². The second kappa shape index (κ2) is 8.87. The largest absolute Gasteiger partial charge is 0.495 e. The molecule has 0 bridgehead atoms. The number of aromatic nitrogens is 3. The lowest BCUT2D eigenvalue weighted by Gasteiger charge is -2.34. The fourth-order valence-corrected chi connectivity index (χ4v) is 4.24. The highest BCUT2D eigenvalue weighted by atomic mass is 16.5. The molecule has 0 spiro atoms. The zero-order valence-corrected chi connectivity index (χ0v) is 19.4. The first kappa shape index (κ1) is 22.8. The standard InChI is InChI=1S/C23H30N6O4/c1-23(2,3)28(22(30)31)18-6-5-15(11-19(18)32-4)17-12-16(13-27-7-9-33-10-8-27)29-20(17)21(24)25-14-26-29/h5-6,11-12,14H,7-10,13H2,1-4H3,(H,30,31)(H2,24,25,26). The Bertz CT molecular complexity index is 1160. The Morgan fingerprint density at radius 1 is 1.27 bits per heavy atom. The number of nitrogens with zero attached hydrogens (tertiary/aromatic N) is 5. The van der Waals surface area contributed by atoms with E-state index in [1.165, 1.54) is 18.3 Å². The minimum Gasteiger partial charge on any atom is -0.495 e. The number of fused-ring (bicyclic) bond motifs is 1. The summed E-state index contributed by atoms with van der Waals surface area (Å²) in [6, 6.07) is 7.53. The van der Waals surface area contributed by atoms with E-state index in [9.17, 15) is 9.90 Å². The molecule has 3 N–H and O–H groups in total. The molecule has 0 unspecified atom stereocenters. The number of carboxylic acid groups (broad SMARTS) is 1. The summed E-state index contributed by atoms with van der Waals surface area (Å²) in [7, 11) is 1.53. The summed E-state index contributed by atoms with van der Waals surface area (Å²) in [6.07, 6.45) is 0.403. The third-order valence-corrected chi connectivity index (χ3v) is 5.74. The average Bonchev–Trinajstić information content (AvgIpc) is 3.13. The molecule has 1 aliphatic heterocycles. The van der Waals surface area contributed by atoms with Crippen molar-refractivity contribution in [3.8, 4) is 16.9 Å². The van der Waals surface area contributed by atoms with E-state index in [0.29, 0.717) is 42.5 Å². The van der Waals surface area contributed by atoms with E-state index in [0.717, 1.165) is 29.9 Å². The van der Waals surface area contributed by atoms with Gasteiger partial charge in [-0.25, -0.2) is 14.3 Å². The first-order chi connectivity index (χ1) is 15.7. The van der Waals surface area contributed by atoms with Gasteiger partial charge in [-0.15, -0.1) is 0 Å². The number of ether oxygens (including phenoxy) is 2. The first-order valence-corrected chi connectivity index (χ1v) is 10.8. The predicted octanol–water partition coefficient (Wildman–Crippen LogP) is 3.10. The molecule has 0 saturated carbocycles. The van der Waals surface area contributed by atoms with Crippen LogP contribution in [0.4, 0.5) is 16.3 Å². The van der Waals surface area contributed by atoms with Gasteiger partial charge in [-0.2, -0.15) is 5.10 Å². The maximum absolute atomic E-state index is 12.0. The van der Waals surface area contributed by atoms with E-state index in [2.05, 4.69) is 21.0 Å². The van der Waals surface area contributed by atoms with E-state index in [1.807, 2.05) is 37.4 Å². The average molecular weight is 455 g/mol. The third-order valence-electron chi connectivity index (χ3n) is 5.74. The van der Waals surface area contributed by atoms with Gasteiger partial charge in [0, 0.05) is 30.7 Å². The van der Waals surface area contributed by atoms with E-state index in [-0.39, 0.29) is 0 Å². The van der Waals surface area contributed by atoms with Gasteiger partial charge in [0.05, 0.1) is 31.7 Å². The molecule has 1 fully saturated rings. The van der Waals surface area contributed by atoms with Crippen molar-refractivity contribution in [1.82, 2.24) is 19.5 Å². The molecule has 10 heteroatoms. The summed E-state index contributed by atoms with van der Waals surface area (Å²) in [6.45, 7) is 9.34. The smallest absolute Gasteiger partial charge is 0.412 e. The highest BCUT2D eigenvalue weighted by Crippen LogP contribution is 2.39. The lowest BCUT2D eigenvalue weighted by Crippen LogP contribution is -2.45. The van der Waals surface area contributed by atoms with Gasteiger partial charge < -0.3 is 20.3 Å². The van der Waals surface area contributed by atoms with Crippen molar-refractivity contribution in [1.29, 1.82) is 0 Å². The highest BCUT2D eigenvalue weighted by molar-refractivity contribution is 5.93. The quantitative estimate of drug-likeness (QED) is 0.604. The molecule has 1 aliphatic rings. The maximum Gasteiger partial charge on any atom is 0.412 e. The van der Waals surface area contributed by atoms with Gasteiger partial charge in [0.2, 0.25) is 0 Å². The van der Waals surface area contributed by atoms with Crippen LogP contribution in [0.3, 0.4) is 0 Å². The number of anilines is 2. The van der Waals surface area contributed by atoms with Crippen molar-refractivity contribution in [2.24, 2.45) is 0 Å². The summed E-state index contributed by atoms with van der Waals surface area (Å²) < 4.78 is 12.9. The lowest BCUT2D eigenvalue weighted by molar-refractivity contribution is 0.0334. The molecule has 0 aliphatic carbocycles. The van der Waals surface area contributed by atoms with E-state index in [4.69, 9.17) is 15.2 Å². The number of methoxy groups -OCH3 is 1. The Morgan fingerprint density at radius 3 is 2.64 bits per heavy atom. The predicted molar refractivity (Wildman–Crippen MR) is 126 cm³/mol. The number of hydrogen-bond donors (Lipinski definition) is 2. The zero-order valence-electron chi connectivity index (χ0n) is 19.4. The molecule has 176 valence electrons. The Kier molecular flexibility index (Phi) is 6.13. The number of carbonyl (C=O) groups is 1. The second-order valence-corrected chi connectivity index (χ2v) is 9.02. The summed E-state index contributed by atoms with van der Waals surface area (Å²) >= 11 is 0. The molecule has 4 rings (SSSR count). The zero-order chi connectivity index (χ0) is 23.8. The Labute approximate surface area is 192 Å². The fourth-order valence-electron chi connectivity index (χ4n) is 4.24. The third kappa shape index (κ3) is 4.44. The van der Waals surface area contributed by atoms with E-state index in [1.54, 1.807) is 6.07 Å². The van der Waals surface area contributed by atoms with Crippen LogP contribution in [-0.2, 0) is 11.3 Å². The van der Waals surface area contributed by atoms with Crippen molar-refractivity contribution in [2.45, 2.75) is 32.9 Å². The van der Waals surface area contributed by atoms with Crippen molar-refractivity contribution in [2.75, 3.05) is 44.0 Å². The maximum atomic E-state index is 12.0. The Hall–Kier alpha value is -3.37. The van der Waals surface area contributed by atoms with Crippen LogP contribution < -0.4 is 15.4 Å². The Morgan fingerprint density at radius 2 is 2.00 bits per heavy atom. The lowest BCUT2D eigenvalue weighted by atomic mass is 10.0. The summed E-state index contributed by atoms with van der Waals surface area (Å²) in [5.74, 6) is 0.826. The van der Waals surface area contributed by atoms with Crippen LogP contribution in [0.25, 0.3) is 16.6 Å². The number of nitrogens with two attached hydrogens (primary N) is 1.